The van der Waals surface area contributed by atoms with Gasteiger partial charge in [-0.25, -0.2) is 18.6 Å². The van der Waals surface area contributed by atoms with E-state index in [0.717, 1.165) is 23.4 Å². The van der Waals surface area contributed by atoms with E-state index in [0.29, 0.717) is 31.1 Å². The monoisotopic (exact) mass is 546 g/mol. The Hall–Kier alpha value is -4.12. The molecule has 0 unspecified atom stereocenters. The molecule has 198 valence electrons. The standard InChI is InChI=1S/C27H24ClFN8O2/c28-20-7-9-34-15-30-21(27(34)26(20)29)5-6-23(38)22-14-35(33-31-22)13-18-12-19-10-17(16-3-4-16)11-24(37(19)32-18)36-8-1-2-25(36)39/h7,9-12,14-16H,1-6,8,13H2. The van der Waals surface area contributed by atoms with Crippen molar-refractivity contribution >= 4 is 40.1 Å². The molecular weight excluding hydrogens is 523 g/mol. The Kier molecular flexibility index (Phi) is 5.69. The average molecular weight is 547 g/mol. The molecule has 2 fully saturated rings. The zero-order valence-corrected chi connectivity index (χ0v) is 21.7. The number of imidazole rings is 1. The van der Waals surface area contributed by atoms with Gasteiger partial charge in [0, 0.05) is 25.6 Å². The number of hydrogen-bond donors (Lipinski definition) is 0. The van der Waals surface area contributed by atoms with Crippen LogP contribution in [0.3, 0.4) is 0 Å². The van der Waals surface area contributed by atoms with Crippen LogP contribution in [0.4, 0.5) is 10.2 Å². The number of Topliss-reactive ketones (excluding diaryl/α,β-unsaturated/α-hetero) is 1. The first-order valence-electron chi connectivity index (χ1n) is 13.0. The first-order chi connectivity index (χ1) is 18.9. The highest BCUT2D eigenvalue weighted by molar-refractivity contribution is 6.31. The van der Waals surface area contributed by atoms with Crippen molar-refractivity contribution in [1.82, 2.24) is 34.0 Å². The summed E-state index contributed by atoms with van der Waals surface area (Å²) in [6, 6.07) is 7.69. The second-order valence-corrected chi connectivity index (χ2v) is 10.6. The van der Waals surface area contributed by atoms with Crippen molar-refractivity contribution < 1.29 is 14.0 Å². The number of anilines is 1. The van der Waals surface area contributed by atoms with Crippen LogP contribution < -0.4 is 4.90 Å². The molecule has 5 aromatic rings. The molecule has 5 aromatic heterocycles. The normalized spacial score (nSPS) is 15.7. The molecule has 12 heteroatoms. The van der Waals surface area contributed by atoms with Gasteiger partial charge in [0.05, 0.1) is 41.0 Å². The Morgan fingerprint density at radius 1 is 1.21 bits per heavy atom. The Bertz CT molecular complexity index is 1770. The van der Waals surface area contributed by atoms with E-state index in [2.05, 4.69) is 27.4 Å². The van der Waals surface area contributed by atoms with E-state index in [9.17, 15) is 14.0 Å². The van der Waals surface area contributed by atoms with Gasteiger partial charge in [-0.15, -0.1) is 5.10 Å². The van der Waals surface area contributed by atoms with Crippen molar-refractivity contribution in [3.05, 3.63) is 76.5 Å². The number of carbonyl (C=O) groups is 2. The van der Waals surface area contributed by atoms with Gasteiger partial charge in [-0.05, 0) is 61.4 Å². The maximum absolute atomic E-state index is 14.5. The summed E-state index contributed by atoms with van der Waals surface area (Å²) in [7, 11) is 0. The van der Waals surface area contributed by atoms with Crippen molar-refractivity contribution in [2.75, 3.05) is 11.4 Å². The molecule has 0 aromatic carbocycles. The smallest absolute Gasteiger partial charge is 0.228 e. The van der Waals surface area contributed by atoms with E-state index in [1.54, 1.807) is 21.5 Å². The number of hydrogen-bond acceptors (Lipinski definition) is 6. The summed E-state index contributed by atoms with van der Waals surface area (Å²) < 4.78 is 19.4. The highest BCUT2D eigenvalue weighted by Gasteiger charge is 2.29. The lowest BCUT2D eigenvalue weighted by Crippen LogP contribution is -2.26. The SMILES string of the molecule is O=C(CCc1ncn2ccc(Cl)c(F)c12)c1cn(Cc2cc3cc(C4CC4)cc(N4CCCC4=O)n3n2)nn1. The number of carbonyl (C=O) groups excluding carboxylic acids is 2. The summed E-state index contributed by atoms with van der Waals surface area (Å²) >= 11 is 5.91. The molecule has 0 bridgehead atoms. The van der Waals surface area contributed by atoms with Crippen LogP contribution in [0.25, 0.3) is 11.0 Å². The fraction of sp³-hybridized carbons (Fsp3) is 0.333. The van der Waals surface area contributed by atoms with Crippen molar-refractivity contribution in [2.45, 2.75) is 51.0 Å². The largest absolute Gasteiger partial charge is 0.303 e. The van der Waals surface area contributed by atoms with Crippen molar-refractivity contribution in [1.29, 1.82) is 0 Å². The van der Waals surface area contributed by atoms with Crippen LogP contribution in [-0.2, 0) is 17.8 Å². The van der Waals surface area contributed by atoms with Gasteiger partial charge in [0.15, 0.2) is 11.6 Å². The lowest BCUT2D eigenvalue weighted by Gasteiger charge is -2.18. The van der Waals surface area contributed by atoms with Gasteiger partial charge in [0.2, 0.25) is 5.91 Å². The summed E-state index contributed by atoms with van der Waals surface area (Å²) in [5, 5.41) is 13.0. The zero-order valence-electron chi connectivity index (χ0n) is 20.9. The molecule has 39 heavy (non-hydrogen) atoms. The number of aromatic nitrogens is 7. The predicted molar refractivity (Wildman–Crippen MR) is 141 cm³/mol. The minimum atomic E-state index is -0.556. The summed E-state index contributed by atoms with van der Waals surface area (Å²) in [4.78, 5) is 31.4. The summed E-state index contributed by atoms with van der Waals surface area (Å²) in [6.07, 6.45) is 8.79. The fourth-order valence-corrected chi connectivity index (χ4v) is 5.41. The minimum Gasteiger partial charge on any atom is -0.303 e. The summed E-state index contributed by atoms with van der Waals surface area (Å²) in [5.74, 6) is 0.697. The fourth-order valence-electron chi connectivity index (χ4n) is 5.27. The zero-order chi connectivity index (χ0) is 26.7. The average Bonchev–Trinajstić information content (AvgIpc) is 3.26. The summed E-state index contributed by atoms with van der Waals surface area (Å²) in [5.41, 5.74) is 3.87. The third-order valence-corrected chi connectivity index (χ3v) is 7.71. The third-order valence-electron chi connectivity index (χ3n) is 7.42. The lowest BCUT2D eigenvalue weighted by molar-refractivity contribution is -0.117. The Morgan fingerprint density at radius 2 is 2.08 bits per heavy atom. The molecule has 10 nitrogen and oxygen atoms in total. The highest BCUT2D eigenvalue weighted by atomic mass is 35.5. The van der Waals surface area contributed by atoms with Crippen molar-refractivity contribution in [3.8, 4) is 0 Å². The van der Waals surface area contributed by atoms with Crippen LogP contribution in [-0.4, -0.2) is 52.2 Å². The molecule has 0 N–H and O–H groups in total. The Labute approximate surface area is 227 Å². The molecule has 1 aliphatic carbocycles. The molecule has 2 aliphatic rings. The van der Waals surface area contributed by atoms with Crippen molar-refractivity contribution in [2.24, 2.45) is 0 Å². The number of fused-ring (bicyclic) bond motifs is 2. The predicted octanol–water partition coefficient (Wildman–Crippen LogP) is 4.23. The Morgan fingerprint density at radius 3 is 2.87 bits per heavy atom. The van der Waals surface area contributed by atoms with Crippen LogP contribution in [0.2, 0.25) is 5.02 Å². The van der Waals surface area contributed by atoms with Gasteiger partial charge in [0.25, 0.3) is 0 Å². The maximum atomic E-state index is 14.5. The molecule has 0 radical (unpaired) electrons. The first-order valence-corrected chi connectivity index (χ1v) is 13.4. The molecule has 1 saturated heterocycles. The quantitative estimate of drug-likeness (QED) is 0.270. The van der Waals surface area contributed by atoms with Gasteiger partial charge < -0.3 is 4.40 Å². The van der Waals surface area contributed by atoms with Gasteiger partial charge in [-0.2, -0.15) is 5.10 Å². The van der Waals surface area contributed by atoms with Crippen LogP contribution >= 0.6 is 11.6 Å². The van der Waals surface area contributed by atoms with Crippen LogP contribution in [0.5, 0.6) is 0 Å². The summed E-state index contributed by atoms with van der Waals surface area (Å²) in [6.45, 7) is 1.02. The molecule has 1 saturated carbocycles. The molecule has 7 rings (SSSR count). The molecule has 0 atom stereocenters. The molecular formula is C27H24ClFN8O2. The van der Waals surface area contributed by atoms with Crippen molar-refractivity contribution in [3.63, 3.8) is 0 Å². The van der Waals surface area contributed by atoms with Crippen LogP contribution in [0.1, 0.15) is 65.5 Å². The molecule has 6 heterocycles. The van der Waals surface area contributed by atoms with Gasteiger partial charge in [-0.1, -0.05) is 16.8 Å². The van der Waals surface area contributed by atoms with Gasteiger partial charge in [0.1, 0.15) is 17.0 Å². The lowest BCUT2D eigenvalue weighted by atomic mass is 10.1. The van der Waals surface area contributed by atoms with E-state index in [1.807, 2.05) is 15.5 Å². The van der Waals surface area contributed by atoms with Gasteiger partial charge in [-0.3, -0.25) is 14.5 Å². The highest BCUT2D eigenvalue weighted by Crippen LogP contribution is 2.42. The van der Waals surface area contributed by atoms with Crippen LogP contribution in [0, 0.1) is 5.82 Å². The number of aryl methyl sites for hydroxylation is 1. The first kappa shape index (κ1) is 24.0. The van der Waals surface area contributed by atoms with Crippen LogP contribution in [0.15, 0.2) is 43.0 Å². The van der Waals surface area contributed by atoms with E-state index in [-0.39, 0.29) is 40.8 Å². The number of halogens is 2. The maximum Gasteiger partial charge on any atom is 0.228 e. The number of ketones is 1. The number of nitrogens with zero attached hydrogens (tertiary/aromatic N) is 8. The van der Waals surface area contributed by atoms with E-state index in [1.165, 1.54) is 30.8 Å². The third kappa shape index (κ3) is 4.36. The molecule has 1 amide bonds. The topological polar surface area (TPSA) is 103 Å². The number of amides is 1. The Balaban J connectivity index is 1.09. The van der Waals surface area contributed by atoms with Gasteiger partial charge >= 0.3 is 0 Å². The number of rotatable bonds is 8. The minimum absolute atomic E-state index is 0.00776. The molecule has 1 aliphatic heterocycles. The van der Waals surface area contributed by atoms with E-state index < -0.39 is 5.82 Å². The van der Waals surface area contributed by atoms with E-state index in [4.69, 9.17) is 16.7 Å². The second kappa shape index (κ2) is 9.26. The molecule has 0 spiro atoms. The van der Waals surface area contributed by atoms with E-state index >= 15 is 0 Å². The number of pyridine rings is 2. The second-order valence-electron chi connectivity index (χ2n) is 10.2.